The van der Waals surface area contributed by atoms with Crippen LogP contribution in [0, 0.1) is 0 Å². The maximum Gasteiger partial charge on any atom is 0.356 e. The molecule has 2 N–H and O–H groups in total. The monoisotopic (exact) mass is 294 g/mol. The largest absolute Gasteiger partial charge is 0.476 e. The Morgan fingerprint density at radius 3 is 2.56 bits per heavy atom. The molecule has 0 aliphatic rings. The van der Waals surface area contributed by atoms with Crippen molar-refractivity contribution in [2.45, 2.75) is 23.7 Å². The van der Waals surface area contributed by atoms with Crippen LogP contribution in [0.5, 0.6) is 0 Å². The first-order valence-electron chi connectivity index (χ1n) is 4.91. The molecule has 7 nitrogen and oxygen atoms in total. The second kappa shape index (κ2) is 4.92. The number of carboxylic acids is 1. The zero-order valence-electron chi connectivity index (χ0n) is 10.1. The van der Waals surface area contributed by atoms with Crippen LogP contribution in [0.2, 0.25) is 0 Å². The van der Waals surface area contributed by atoms with Crippen molar-refractivity contribution >= 4 is 27.3 Å². The maximum atomic E-state index is 12.1. The van der Waals surface area contributed by atoms with Gasteiger partial charge < -0.3 is 10.2 Å². The number of aliphatic hydroxyl groups is 1. The molecule has 1 rings (SSSR count). The number of carboxylic acid groups (broad SMARTS) is 1. The molecule has 9 heteroatoms. The summed E-state index contributed by atoms with van der Waals surface area (Å²) in [4.78, 5) is 14.4. The number of carbonyl (C=O) groups is 1. The summed E-state index contributed by atoms with van der Waals surface area (Å²) in [7, 11) is -2.68. The molecule has 18 heavy (non-hydrogen) atoms. The SMILES string of the molecule is CN(CC(C)(C)O)S(=O)(=O)c1scnc1C(=O)O. The first-order valence-corrected chi connectivity index (χ1v) is 7.23. The minimum Gasteiger partial charge on any atom is -0.476 e. The third-order valence-electron chi connectivity index (χ3n) is 1.99. The first kappa shape index (κ1) is 15.0. The number of thiazole rings is 1. The summed E-state index contributed by atoms with van der Waals surface area (Å²) in [5.41, 5.74) is -0.549. The Morgan fingerprint density at radius 1 is 1.56 bits per heavy atom. The van der Waals surface area contributed by atoms with Crippen LogP contribution in [0.3, 0.4) is 0 Å². The van der Waals surface area contributed by atoms with E-state index >= 15 is 0 Å². The second-order valence-electron chi connectivity index (χ2n) is 4.37. The van der Waals surface area contributed by atoms with Crippen LogP contribution in [0.4, 0.5) is 0 Å². The van der Waals surface area contributed by atoms with Crippen LogP contribution < -0.4 is 0 Å². The van der Waals surface area contributed by atoms with Gasteiger partial charge in [0.2, 0.25) is 0 Å². The van der Waals surface area contributed by atoms with Gasteiger partial charge in [0.15, 0.2) is 9.90 Å². The molecule has 1 aromatic heterocycles. The Morgan fingerprint density at radius 2 is 2.11 bits per heavy atom. The summed E-state index contributed by atoms with van der Waals surface area (Å²) >= 11 is 0.736. The molecule has 0 aliphatic carbocycles. The van der Waals surface area contributed by atoms with Crippen molar-refractivity contribution in [1.29, 1.82) is 0 Å². The zero-order valence-corrected chi connectivity index (χ0v) is 11.7. The molecule has 1 aromatic rings. The number of nitrogens with zero attached hydrogens (tertiary/aromatic N) is 2. The van der Waals surface area contributed by atoms with Gasteiger partial charge in [0, 0.05) is 13.6 Å². The molecule has 0 saturated carbocycles. The molecule has 1 heterocycles. The maximum absolute atomic E-state index is 12.1. The van der Waals surface area contributed by atoms with Gasteiger partial charge in [0.25, 0.3) is 10.0 Å². The van der Waals surface area contributed by atoms with Gasteiger partial charge in [0.1, 0.15) is 0 Å². The van der Waals surface area contributed by atoms with Crippen LogP contribution in [0.15, 0.2) is 9.72 Å². The Hall–Kier alpha value is -1.03. The highest BCUT2D eigenvalue weighted by Crippen LogP contribution is 2.24. The van der Waals surface area contributed by atoms with E-state index < -0.39 is 27.3 Å². The van der Waals surface area contributed by atoms with E-state index in [4.69, 9.17) is 5.11 Å². The van der Waals surface area contributed by atoms with E-state index in [9.17, 15) is 18.3 Å². The van der Waals surface area contributed by atoms with Gasteiger partial charge >= 0.3 is 5.97 Å². The molecule has 0 spiro atoms. The molecule has 0 aromatic carbocycles. The number of rotatable bonds is 5. The molecule has 0 atom stereocenters. The summed E-state index contributed by atoms with van der Waals surface area (Å²) < 4.78 is 24.8. The molecule has 0 unspecified atom stereocenters. The van der Waals surface area contributed by atoms with Gasteiger partial charge in [-0.15, -0.1) is 11.3 Å². The molecule has 102 valence electrons. The van der Waals surface area contributed by atoms with Crippen molar-refractivity contribution in [3.8, 4) is 0 Å². The quantitative estimate of drug-likeness (QED) is 0.805. The van der Waals surface area contributed by atoms with E-state index in [-0.39, 0.29) is 10.8 Å². The fourth-order valence-corrected chi connectivity index (χ4v) is 3.99. The summed E-state index contributed by atoms with van der Waals surface area (Å²) in [5.74, 6) is -1.40. The normalized spacial score (nSPS) is 12.9. The average Bonchev–Trinajstić information content (AvgIpc) is 2.63. The van der Waals surface area contributed by atoms with Crippen LogP contribution in [0.1, 0.15) is 24.3 Å². The minimum atomic E-state index is -3.96. The third-order valence-corrected chi connectivity index (χ3v) is 5.14. The van der Waals surface area contributed by atoms with E-state index in [0.29, 0.717) is 0 Å². The highest BCUT2D eigenvalue weighted by atomic mass is 32.2. The van der Waals surface area contributed by atoms with Gasteiger partial charge in [-0.2, -0.15) is 4.31 Å². The number of hydrogen-bond acceptors (Lipinski definition) is 6. The molecule has 0 aliphatic heterocycles. The van der Waals surface area contributed by atoms with Gasteiger partial charge in [0.05, 0.1) is 11.1 Å². The predicted molar refractivity (Wildman–Crippen MR) is 65.2 cm³/mol. The molecule has 0 bridgehead atoms. The van der Waals surface area contributed by atoms with Gasteiger partial charge in [-0.3, -0.25) is 0 Å². The van der Waals surface area contributed by atoms with E-state index in [2.05, 4.69) is 4.98 Å². The summed E-state index contributed by atoms with van der Waals surface area (Å²) in [6.07, 6.45) is 0. The van der Waals surface area contributed by atoms with Gasteiger partial charge in [-0.1, -0.05) is 0 Å². The van der Waals surface area contributed by atoms with Crippen molar-refractivity contribution in [1.82, 2.24) is 9.29 Å². The summed E-state index contributed by atoms with van der Waals surface area (Å²) in [6.45, 7) is 2.78. The van der Waals surface area contributed by atoms with Crippen molar-refractivity contribution < 1.29 is 23.4 Å². The number of aromatic nitrogens is 1. The van der Waals surface area contributed by atoms with Crippen molar-refractivity contribution in [3.63, 3.8) is 0 Å². The summed E-state index contributed by atoms with van der Waals surface area (Å²) in [6, 6.07) is 0. The van der Waals surface area contributed by atoms with Gasteiger partial charge in [-0.25, -0.2) is 18.2 Å². The van der Waals surface area contributed by atoms with Crippen LogP contribution in [-0.4, -0.2) is 53.1 Å². The van der Waals surface area contributed by atoms with E-state index in [0.717, 1.165) is 21.2 Å². The first-order chi connectivity index (χ1) is 8.05. The average molecular weight is 294 g/mol. The van der Waals surface area contributed by atoms with Crippen molar-refractivity contribution in [3.05, 3.63) is 11.2 Å². The van der Waals surface area contributed by atoms with E-state index in [1.165, 1.54) is 20.9 Å². The zero-order chi connectivity index (χ0) is 14.1. The summed E-state index contributed by atoms with van der Waals surface area (Å²) in [5, 5.41) is 18.4. The van der Waals surface area contributed by atoms with Crippen molar-refractivity contribution in [2.24, 2.45) is 0 Å². The molecular weight excluding hydrogens is 280 g/mol. The lowest BCUT2D eigenvalue weighted by atomic mass is 10.1. The standard InChI is InChI=1S/C9H14N2O5S2/c1-9(2,14)4-11(3)18(15,16)8-6(7(12)13)10-5-17-8/h5,14H,4H2,1-3H3,(H,12,13). The Balaban J connectivity index is 3.14. The fourth-order valence-electron chi connectivity index (χ4n) is 1.33. The van der Waals surface area contributed by atoms with E-state index in [1.54, 1.807) is 0 Å². The third kappa shape index (κ3) is 3.25. The smallest absolute Gasteiger partial charge is 0.356 e. The molecule has 0 radical (unpaired) electrons. The topological polar surface area (TPSA) is 108 Å². The molecule has 0 fully saturated rings. The lowest BCUT2D eigenvalue weighted by molar-refractivity contribution is 0.0640. The Bertz CT molecular complexity index is 544. The lowest BCUT2D eigenvalue weighted by Crippen LogP contribution is -2.39. The van der Waals surface area contributed by atoms with Crippen LogP contribution in [0.25, 0.3) is 0 Å². The number of aromatic carboxylic acids is 1. The van der Waals surface area contributed by atoms with E-state index in [1.807, 2.05) is 0 Å². The van der Waals surface area contributed by atoms with Gasteiger partial charge in [-0.05, 0) is 13.8 Å². The number of likely N-dealkylation sites (N-methyl/N-ethyl adjacent to an activating group) is 1. The second-order valence-corrected chi connectivity index (χ2v) is 7.46. The molecule has 0 saturated heterocycles. The number of hydrogen-bond donors (Lipinski definition) is 2. The highest BCUT2D eigenvalue weighted by Gasteiger charge is 2.32. The van der Waals surface area contributed by atoms with Crippen LogP contribution >= 0.6 is 11.3 Å². The number of sulfonamides is 1. The minimum absolute atomic E-state index is 0.147. The molecule has 0 amide bonds. The fraction of sp³-hybridized carbons (Fsp3) is 0.556. The molecular formula is C9H14N2O5S2. The Labute approximate surface area is 109 Å². The highest BCUT2D eigenvalue weighted by molar-refractivity contribution is 7.91. The Kier molecular flexibility index (Phi) is 4.11. The lowest BCUT2D eigenvalue weighted by Gasteiger charge is -2.24. The van der Waals surface area contributed by atoms with Crippen molar-refractivity contribution in [2.75, 3.05) is 13.6 Å². The predicted octanol–water partition coefficient (Wildman–Crippen LogP) is 0.233. The van der Waals surface area contributed by atoms with Crippen LogP contribution in [-0.2, 0) is 10.0 Å².